The van der Waals surface area contributed by atoms with Crippen LogP contribution in [0.4, 0.5) is 0 Å². The molecule has 0 fully saturated rings. The SMILES string of the molecule is CCOC(=O)c1c(CCl)ncc(C)c1CC. The van der Waals surface area contributed by atoms with Gasteiger partial charge in [-0.3, -0.25) is 4.98 Å². The number of rotatable bonds is 4. The van der Waals surface area contributed by atoms with Crippen LogP contribution in [-0.4, -0.2) is 17.6 Å². The lowest BCUT2D eigenvalue weighted by Crippen LogP contribution is -2.13. The normalized spacial score (nSPS) is 10.2. The first-order valence-corrected chi connectivity index (χ1v) is 5.89. The first kappa shape index (κ1) is 13.0. The van der Waals surface area contributed by atoms with Crippen molar-refractivity contribution in [3.05, 3.63) is 28.6 Å². The lowest BCUT2D eigenvalue weighted by Gasteiger charge is -2.12. The number of carbonyl (C=O) groups is 1. The summed E-state index contributed by atoms with van der Waals surface area (Å²) >= 11 is 5.79. The molecule has 88 valence electrons. The van der Waals surface area contributed by atoms with Gasteiger partial charge in [0.05, 0.1) is 23.7 Å². The second-order valence-electron chi connectivity index (χ2n) is 3.45. The van der Waals surface area contributed by atoms with E-state index in [2.05, 4.69) is 4.98 Å². The third-order valence-electron chi connectivity index (χ3n) is 2.44. The van der Waals surface area contributed by atoms with Gasteiger partial charge >= 0.3 is 5.97 Å². The molecule has 0 bridgehead atoms. The Balaban J connectivity index is 3.30. The molecule has 0 N–H and O–H groups in total. The number of alkyl halides is 1. The topological polar surface area (TPSA) is 39.2 Å². The third-order valence-corrected chi connectivity index (χ3v) is 2.69. The Morgan fingerprint density at radius 1 is 1.50 bits per heavy atom. The molecule has 0 saturated carbocycles. The van der Waals surface area contributed by atoms with E-state index in [0.29, 0.717) is 17.9 Å². The molecule has 0 unspecified atom stereocenters. The van der Waals surface area contributed by atoms with E-state index < -0.39 is 0 Å². The van der Waals surface area contributed by atoms with Crippen molar-refractivity contribution in [3.8, 4) is 0 Å². The summed E-state index contributed by atoms with van der Waals surface area (Å²) in [6.07, 6.45) is 2.52. The predicted octanol–water partition coefficient (Wildman–Crippen LogP) is 2.87. The van der Waals surface area contributed by atoms with Crippen molar-refractivity contribution in [1.29, 1.82) is 0 Å². The van der Waals surface area contributed by atoms with E-state index in [1.54, 1.807) is 13.1 Å². The second-order valence-corrected chi connectivity index (χ2v) is 3.72. The van der Waals surface area contributed by atoms with E-state index in [9.17, 15) is 4.79 Å². The molecule has 0 amide bonds. The van der Waals surface area contributed by atoms with Gasteiger partial charge in [0, 0.05) is 6.20 Å². The molecule has 1 rings (SSSR count). The molecule has 1 aromatic heterocycles. The lowest BCUT2D eigenvalue weighted by molar-refractivity contribution is 0.0523. The predicted molar refractivity (Wildman–Crippen MR) is 63.9 cm³/mol. The summed E-state index contributed by atoms with van der Waals surface area (Å²) in [6, 6.07) is 0. The Hall–Kier alpha value is -1.09. The van der Waals surface area contributed by atoms with Crippen molar-refractivity contribution in [2.45, 2.75) is 33.1 Å². The molecule has 0 aliphatic heterocycles. The number of aromatic nitrogens is 1. The van der Waals surface area contributed by atoms with Crippen LogP contribution in [0.3, 0.4) is 0 Å². The zero-order valence-corrected chi connectivity index (χ0v) is 10.6. The maximum atomic E-state index is 11.8. The highest BCUT2D eigenvalue weighted by molar-refractivity contribution is 6.17. The van der Waals surface area contributed by atoms with Crippen molar-refractivity contribution < 1.29 is 9.53 Å². The van der Waals surface area contributed by atoms with E-state index >= 15 is 0 Å². The molecular formula is C12H16ClNO2. The number of hydrogen-bond donors (Lipinski definition) is 0. The standard InChI is InChI=1S/C12H16ClNO2/c1-4-9-8(3)7-14-10(6-13)11(9)12(15)16-5-2/h7H,4-6H2,1-3H3. The maximum absolute atomic E-state index is 11.8. The van der Waals surface area contributed by atoms with Crippen LogP contribution < -0.4 is 0 Å². The molecule has 1 heterocycles. The Bertz CT molecular complexity index is 391. The van der Waals surface area contributed by atoms with Crippen LogP contribution >= 0.6 is 11.6 Å². The number of pyridine rings is 1. The van der Waals surface area contributed by atoms with E-state index in [4.69, 9.17) is 16.3 Å². The first-order chi connectivity index (χ1) is 7.65. The molecule has 0 atom stereocenters. The monoisotopic (exact) mass is 241 g/mol. The van der Waals surface area contributed by atoms with Gasteiger partial charge in [0.1, 0.15) is 0 Å². The van der Waals surface area contributed by atoms with Crippen LogP contribution in [0.1, 0.15) is 41.0 Å². The summed E-state index contributed by atoms with van der Waals surface area (Å²) in [7, 11) is 0. The van der Waals surface area contributed by atoms with Gasteiger partial charge in [-0.05, 0) is 31.4 Å². The fraction of sp³-hybridized carbons (Fsp3) is 0.500. The number of halogens is 1. The van der Waals surface area contributed by atoms with Crippen molar-refractivity contribution in [2.24, 2.45) is 0 Å². The zero-order chi connectivity index (χ0) is 12.1. The summed E-state index contributed by atoms with van der Waals surface area (Å²) in [5.74, 6) is -0.104. The summed E-state index contributed by atoms with van der Waals surface area (Å²) in [6.45, 7) is 6.08. The second kappa shape index (κ2) is 5.85. The summed E-state index contributed by atoms with van der Waals surface area (Å²) in [4.78, 5) is 16.0. The van der Waals surface area contributed by atoms with Crippen LogP contribution in [-0.2, 0) is 17.0 Å². The first-order valence-electron chi connectivity index (χ1n) is 5.36. The maximum Gasteiger partial charge on any atom is 0.340 e. The Labute approximate surface area is 101 Å². The van der Waals surface area contributed by atoms with Gasteiger partial charge in [-0.15, -0.1) is 11.6 Å². The van der Waals surface area contributed by atoms with Gasteiger partial charge in [-0.1, -0.05) is 6.92 Å². The molecular weight excluding hydrogens is 226 g/mol. The van der Waals surface area contributed by atoms with Crippen LogP contribution in [0.2, 0.25) is 0 Å². The molecule has 3 nitrogen and oxygen atoms in total. The number of hydrogen-bond acceptors (Lipinski definition) is 3. The number of ether oxygens (including phenoxy) is 1. The molecule has 0 aromatic carbocycles. The lowest BCUT2D eigenvalue weighted by atomic mass is 10.0. The number of esters is 1. The fourth-order valence-electron chi connectivity index (χ4n) is 1.69. The summed E-state index contributed by atoms with van der Waals surface area (Å²) < 4.78 is 5.03. The van der Waals surface area contributed by atoms with Gasteiger partial charge in [0.25, 0.3) is 0 Å². The van der Waals surface area contributed by atoms with Gasteiger partial charge < -0.3 is 4.74 Å². The quantitative estimate of drug-likeness (QED) is 0.601. The minimum atomic E-state index is -0.328. The molecule has 0 spiro atoms. The van der Waals surface area contributed by atoms with Gasteiger partial charge in [-0.2, -0.15) is 0 Å². The van der Waals surface area contributed by atoms with E-state index in [0.717, 1.165) is 17.5 Å². The number of nitrogens with zero attached hydrogens (tertiary/aromatic N) is 1. The molecule has 16 heavy (non-hydrogen) atoms. The Morgan fingerprint density at radius 2 is 2.19 bits per heavy atom. The van der Waals surface area contributed by atoms with E-state index in [-0.39, 0.29) is 11.8 Å². The minimum absolute atomic E-state index is 0.224. The highest BCUT2D eigenvalue weighted by atomic mass is 35.5. The number of carbonyl (C=O) groups excluding carboxylic acids is 1. The van der Waals surface area contributed by atoms with Crippen molar-refractivity contribution in [3.63, 3.8) is 0 Å². The van der Waals surface area contributed by atoms with Crippen LogP contribution in [0.25, 0.3) is 0 Å². The Kier molecular flexibility index (Phi) is 4.74. The van der Waals surface area contributed by atoms with Crippen LogP contribution in [0, 0.1) is 6.92 Å². The zero-order valence-electron chi connectivity index (χ0n) is 9.84. The summed E-state index contributed by atoms with van der Waals surface area (Å²) in [5.41, 5.74) is 3.12. The van der Waals surface area contributed by atoms with Crippen molar-refractivity contribution >= 4 is 17.6 Å². The Morgan fingerprint density at radius 3 is 2.69 bits per heavy atom. The fourth-order valence-corrected chi connectivity index (χ4v) is 1.89. The van der Waals surface area contributed by atoms with Crippen molar-refractivity contribution in [2.75, 3.05) is 6.61 Å². The average Bonchev–Trinajstić information content (AvgIpc) is 2.28. The molecule has 0 aliphatic rings. The summed E-state index contributed by atoms with van der Waals surface area (Å²) in [5, 5.41) is 0. The number of aryl methyl sites for hydroxylation is 1. The van der Waals surface area contributed by atoms with Crippen LogP contribution in [0.5, 0.6) is 0 Å². The smallest absolute Gasteiger partial charge is 0.340 e. The average molecular weight is 242 g/mol. The van der Waals surface area contributed by atoms with Gasteiger partial charge in [0.15, 0.2) is 0 Å². The molecule has 1 aromatic rings. The van der Waals surface area contributed by atoms with Crippen molar-refractivity contribution in [1.82, 2.24) is 4.98 Å². The highest BCUT2D eigenvalue weighted by Crippen LogP contribution is 2.20. The molecule has 0 radical (unpaired) electrons. The largest absolute Gasteiger partial charge is 0.462 e. The third kappa shape index (κ3) is 2.53. The molecule has 4 heteroatoms. The van der Waals surface area contributed by atoms with Gasteiger partial charge in [-0.25, -0.2) is 4.79 Å². The highest BCUT2D eigenvalue weighted by Gasteiger charge is 2.18. The van der Waals surface area contributed by atoms with Gasteiger partial charge in [0.2, 0.25) is 0 Å². The van der Waals surface area contributed by atoms with Crippen LogP contribution in [0.15, 0.2) is 6.20 Å². The molecule has 0 saturated heterocycles. The van der Waals surface area contributed by atoms with E-state index in [1.165, 1.54) is 0 Å². The molecule has 0 aliphatic carbocycles. The minimum Gasteiger partial charge on any atom is -0.462 e. The van der Waals surface area contributed by atoms with E-state index in [1.807, 2.05) is 13.8 Å².